The molecule has 0 radical (unpaired) electrons. The van der Waals surface area contributed by atoms with Gasteiger partial charge in [-0.2, -0.15) is 5.26 Å². The van der Waals surface area contributed by atoms with E-state index in [0.717, 1.165) is 5.56 Å². The van der Waals surface area contributed by atoms with Crippen molar-refractivity contribution < 1.29 is 4.74 Å². The summed E-state index contributed by atoms with van der Waals surface area (Å²) in [5, 5.41) is 8.70. The van der Waals surface area contributed by atoms with Crippen molar-refractivity contribution in [3.63, 3.8) is 0 Å². The number of methoxy groups -OCH3 is 1. The highest BCUT2D eigenvalue weighted by molar-refractivity contribution is 5.29. The molecule has 0 aliphatic carbocycles. The molecule has 0 saturated heterocycles. The molecule has 0 aliphatic heterocycles. The SMILES string of the molecule is COCC(C)n1c(C)cc(CC#N)c1C. The van der Waals surface area contributed by atoms with E-state index in [1.807, 2.05) is 0 Å². The smallest absolute Gasteiger partial charge is 0.0670 e. The molecule has 1 aromatic rings. The van der Waals surface area contributed by atoms with Gasteiger partial charge in [0.15, 0.2) is 0 Å². The number of nitriles is 1. The minimum Gasteiger partial charge on any atom is -0.383 e. The maximum atomic E-state index is 8.70. The summed E-state index contributed by atoms with van der Waals surface area (Å²) in [6, 6.07) is 4.60. The third-order valence-corrected chi connectivity index (χ3v) is 2.71. The number of hydrogen-bond donors (Lipinski definition) is 0. The molecular weight excluding hydrogens is 188 g/mol. The van der Waals surface area contributed by atoms with Crippen LogP contribution in [0.2, 0.25) is 0 Å². The molecular formula is C12H18N2O. The van der Waals surface area contributed by atoms with Crippen molar-refractivity contribution >= 4 is 0 Å². The molecule has 15 heavy (non-hydrogen) atoms. The first-order valence-corrected chi connectivity index (χ1v) is 5.15. The Bertz CT molecular complexity index is 374. The van der Waals surface area contributed by atoms with Crippen LogP contribution in [0.5, 0.6) is 0 Å². The van der Waals surface area contributed by atoms with Gasteiger partial charge in [-0.3, -0.25) is 0 Å². The molecule has 1 aromatic heterocycles. The summed E-state index contributed by atoms with van der Waals surface area (Å²) < 4.78 is 7.38. The highest BCUT2D eigenvalue weighted by Gasteiger charge is 2.13. The van der Waals surface area contributed by atoms with Gasteiger partial charge in [0.1, 0.15) is 0 Å². The number of rotatable bonds is 4. The molecule has 0 bridgehead atoms. The number of aryl methyl sites for hydroxylation is 1. The van der Waals surface area contributed by atoms with Gasteiger partial charge in [-0.15, -0.1) is 0 Å². The normalized spacial score (nSPS) is 12.5. The van der Waals surface area contributed by atoms with Gasteiger partial charge in [0.2, 0.25) is 0 Å². The van der Waals surface area contributed by atoms with Crippen LogP contribution < -0.4 is 0 Å². The zero-order chi connectivity index (χ0) is 11.4. The van der Waals surface area contributed by atoms with E-state index in [0.29, 0.717) is 19.1 Å². The number of ether oxygens (including phenoxy) is 1. The first kappa shape index (κ1) is 11.8. The lowest BCUT2D eigenvalue weighted by atomic mass is 10.2. The van der Waals surface area contributed by atoms with Gasteiger partial charge in [-0.05, 0) is 32.4 Å². The van der Waals surface area contributed by atoms with Crippen molar-refractivity contribution in [2.75, 3.05) is 13.7 Å². The fourth-order valence-corrected chi connectivity index (χ4v) is 2.10. The Kier molecular flexibility index (Phi) is 3.93. The monoisotopic (exact) mass is 206 g/mol. The second kappa shape index (κ2) is 4.99. The quantitative estimate of drug-likeness (QED) is 0.758. The predicted octanol–water partition coefficient (Wildman–Crippen LogP) is 2.38. The molecule has 82 valence electrons. The highest BCUT2D eigenvalue weighted by atomic mass is 16.5. The van der Waals surface area contributed by atoms with Gasteiger partial charge < -0.3 is 9.30 Å². The van der Waals surface area contributed by atoms with E-state index in [-0.39, 0.29) is 0 Å². The van der Waals surface area contributed by atoms with E-state index in [1.54, 1.807) is 7.11 Å². The summed E-state index contributed by atoms with van der Waals surface area (Å²) >= 11 is 0. The van der Waals surface area contributed by atoms with Crippen LogP contribution in [-0.4, -0.2) is 18.3 Å². The summed E-state index contributed by atoms with van der Waals surface area (Å²) in [6.07, 6.45) is 0.485. The van der Waals surface area contributed by atoms with Gasteiger partial charge in [0.05, 0.1) is 25.1 Å². The maximum absolute atomic E-state index is 8.70. The van der Waals surface area contributed by atoms with Crippen molar-refractivity contribution in [2.24, 2.45) is 0 Å². The lowest BCUT2D eigenvalue weighted by Crippen LogP contribution is -2.13. The van der Waals surface area contributed by atoms with Crippen LogP contribution >= 0.6 is 0 Å². The van der Waals surface area contributed by atoms with Gasteiger partial charge in [-0.25, -0.2) is 0 Å². The Hall–Kier alpha value is -1.27. The Morgan fingerprint density at radius 2 is 2.20 bits per heavy atom. The molecule has 1 rings (SSSR count). The fraction of sp³-hybridized carbons (Fsp3) is 0.583. The lowest BCUT2D eigenvalue weighted by Gasteiger charge is -2.17. The van der Waals surface area contributed by atoms with Gasteiger partial charge >= 0.3 is 0 Å². The topological polar surface area (TPSA) is 38.0 Å². The lowest BCUT2D eigenvalue weighted by molar-refractivity contribution is 0.160. The zero-order valence-electron chi connectivity index (χ0n) is 9.87. The van der Waals surface area contributed by atoms with Crippen molar-refractivity contribution in [1.29, 1.82) is 5.26 Å². The van der Waals surface area contributed by atoms with Gasteiger partial charge in [0.25, 0.3) is 0 Å². The first-order chi connectivity index (χ1) is 7.11. The van der Waals surface area contributed by atoms with Crippen LogP contribution in [0.1, 0.15) is 29.9 Å². The largest absolute Gasteiger partial charge is 0.383 e. The number of nitrogens with zero attached hydrogens (tertiary/aromatic N) is 2. The second-order valence-corrected chi connectivity index (χ2v) is 3.91. The second-order valence-electron chi connectivity index (χ2n) is 3.91. The van der Waals surface area contributed by atoms with Crippen molar-refractivity contribution in [3.05, 3.63) is 23.0 Å². The summed E-state index contributed by atoms with van der Waals surface area (Å²) in [4.78, 5) is 0. The molecule has 1 atom stereocenters. The summed E-state index contributed by atoms with van der Waals surface area (Å²) in [5.41, 5.74) is 3.50. The van der Waals surface area contributed by atoms with Crippen LogP contribution in [0.3, 0.4) is 0 Å². The van der Waals surface area contributed by atoms with E-state index >= 15 is 0 Å². The van der Waals surface area contributed by atoms with E-state index in [1.165, 1.54) is 11.4 Å². The van der Waals surface area contributed by atoms with Crippen LogP contribution in [0.4, 0.5) is 0 Å². The molecule has 0 amide bonds. The van der Waals surface area contributed by atoms with E-state index in [2.05, 4.69) is 37.5 Å². The van der Waals surface area contributed by atoms with Gasteiger partial charge in [0, 0.05) is 18.5 Å². The van der Waals surface area contributed by atoms with Crippen molar-refractivity contribution in [3.8, 4) is 6.07 Å². The molecule has 0 aliphatic rings. The van der Waals surface area contributed by atoms with E-state index in [4.69, 9.17) is 10.00 Å². The Balaban J connectivity index is 3.03. The molecule has 3 heteroatoms. The highest BCUT2D eigenvalue weighted by Crippen LogP contribution is 2.20. The van der Waals surface area contributed by atoms with Crippen LogP contribution in [-0.2, 0) is 11.2 Å². The molecule has 0 spiro atoms. The predicted molar refractivity (Wildman–Crippen MR) is 59.8 cm³/mol. The van der Waals surface area contributed by atoms with Gasteiger partial charge in [-0.1, -0.05) is 0 Å². The number of hydrogen-bond acceptors (Lipinski definition) is 2. The molecule has 0 N–H and O–H groups in total. The maximum Gasteiger partial charge on any atom is 0.0670 e. The fourth-order valence-electron chi connectivity index (χ4n) is 2.10. The van der Waals surface area contributed by atoms with Crippen LogP contribution in [0.25, 0.3) is 0 Å². The molecule has 1 unspecified atom stereocenters. The molecule has 3 nitrogen and oxygen atoms in total. The average molecular weight is 206 g/mol. The summed E-state index contributed by atoms with van der Waals surface area (Å²) in [7, 11) is 1.71. The summed E-state index contributed by atoms with van der Waals surface area (Å²) in [6.45, 7) is 6.95. The Morgan fingerprint density at radius 3 is 2.73 bits per heavy atom. The average Bonchev–Trinajstić information content (AvgIpc) is 2.43. The van der Waals surface area contributed by atoms with E-state index in [9.17, 15) is 0 Å². The molecule has 0 aromatic carbocycles. The Labute approximate surface area is 91.3 Å². The Morgan fingerprint density at radius 1 is 1.53 bits per heavy atom. The van der Waals surface area contributed by atoms with Crippen molar-refractivity contribution in [1.82, 2.24) is 4.57 Å². The standard InChI is InChI=1S/C12H18N2O/c1-9-7-12(5-6-13)11(3)14(9)10(2)8-15-4/h7,10H,5,8H2,1-4H3. The molecule has 0 fully saturated rings. The third-order valence-electron chi connectivity index (χ3n) is 2.71. The van der Waals surface area contributed by atoms with E-state index < -0.39 is 0 Å². The minimum atomic E-state index is 0.322. The van der Waals surface area contributed by atoms with Crippen LogP contribution in [0, 0.1) is 25.2 Å². The molecule has 1 heterocycles. The van der Waals surface area contributed by atoms with Crippen molar-refractivity contribution in [2.45, 2.75) is 33.2 Å². The molecule has 0 saturated carbocycles. The van der Waals surface area contributed by atoms with Crippen LogP contribution in [0.15, 0.2) is 6.07 Å². The summed E-state index contributed by atoms with van der Waals surface area (Å²) in [5.74, 6) is 0. The third kappa shape index (κ3) is 2.40. The zero-order valence-corrected chi connectivity index (χ0v) is 9.87. The minimum absolute atomic E-state index is 0.322. The first-order valence-electron chi connectivity index (χ1n) is 5.15. The number of aromatic nitrogens is 1.